The van der Waals surface area contributed by atoms with Crippen LogP contribution in [-0.4, -0.2) is 18.0 Å². The molecule has 0 unspecified atom stereocenters. The Morgan fingerprint density at radius 1 is 1.24 bits per heavy atom. The second-order valence-electron chi connectivity index (χ2n) is 6.05. The second kappa shape index (κ2) is 8.32. The molecule has 1 heterocycles. The zero-order chi connectivity index (χ0) is 21.1. The van der Waals surface area contributed by atoms with Gasteiger partial charge in [0.1, 0.15) is 23.7 Å². The molecule has 0 atom stereocenters. The van der Waals surface area contributed by atoms with Gasteiger partial charge < -0.3 is 13.9 Å². The Hall–Kier alpha value is -3.39. The number of methoxy groups -OCH3 is 1. The summed E-state index contributed by atoms with van der Waals surface area (Å²) in [5.41, 5.74) is -0.0301. The molecule has 0 spiro atoms. The van der Waals surface area contributed by atoms with E-state index < -0.39 is 10.9 Å². The zero-order valence-electron chi connectivity index (χ0n) is 15.6. The number of carbonyl (C=O) groups excluding carboxylic acids is 1. The highest BCUT2D eigenvalue weighted by atomic mass is 35.5. The summed E-state index contributed by atoms with van der Waals surface area (Å²) in [6.07, 6.45) is 0.505. The van der Waals surface area contributed by atoms with E-state index in [4.69, 9.17) is 25.5 Å². The van der Waals surface area contributed by atoms with Crippen molar-refractivity contribution < 1.29 is 23.6 Å². The van der Waals surface area contributed by atoms with E-state index in [0.717, 1.165) is 6.07 Å². The van der Waals surface area contributed by atoms with E-state index in [2.05, 4.69) is 0 Å². The molecule has 3 rings (SSSR count). The van der Waals surface area contributed by atoms with Gasteiger partial charge in [-0.05, 0) is 18.2 Å². The van der Waals surface area contributed by atoms with Crippen molar-refractivity contribution in [2.75, 3.05) is 7.11 Å². The van der Waals surface area contributed by atoms with Gasteiger partial charge in [-0.15, -0.1) is 0 Å². The van der Waals surface area contributed by atoms with Crippen molar-refractivity contribution in [3.8, 4) is 5.75 Å². The minimum atomic E-state index is -0.855. The molecule has 0 saturated heterocycles. The number of nitrogens with zero attached hydrogens (tertiary/aromatic N) is 1. The fourth-order valence-corrected chi connectivity index (χ4v) is 3.00. The first kappa shape index (κ1) is 20.3. The van der Waals surface area contributed by atoms with Crippen LogP contribution in [0.15, 0.2) is 45.6 Å². The molecule has 2 aromatic carbocycles. The molecule has 0 amide bonds. The number of ether oxygens (including phenoxy) is 2. The summed E-state index contributed by atoms with van der Waals surface area (Å²) >= 11 is 5.98. The predicted octanol–water partition coefficient (Wildman–Crippen LogP) is 4.28. The Kier molecular flexibility index (Phi) is 5.84. The highest BCUT2D eigenvalue weighted by Crippen LogP contribution is 2.29. The van der Waals surface area contributed by atoms with E-state index in [1.807, 2.05) is 6.92 Å². The maximum absolute atomic E-state index is 12.5. The molecule has 1 aromatic heterocycles. The maximum Gasteiger partial charge on any atom is 0.340 e. The summed E-state index contributed by atoms with van der Waals surface area (Å²) in [5, 5.41) is 11.3. The molecular weight excluding hydrogens is 402 g/mol. The normalized spacial score (nSPS) is 10.7. The number of hydrogen-bond acceptors (Lipinski definition) is 7. The third-order valence-corrected chi connectivity index (χ3v) is 4.63. The molecular formula is C20H16ClNO7. The number of nitro benzene ring substituents is 1. The molecule has 0 radical (unpaired) electrons. The van der Waals surface area contributed by atoms with E-state index >= 15 is 0 Å². The third-order valence-electron chi connectivity index (χ3n) is 4.30. The molecule has 0 N–H and O–H groups in total. The van der Waals surface area contributed by atoms with Gasteiger partial charge in [-0.25, -0.2) is 4.79 Å². The van der Waals surface area contributed by atoms with E-state index in [-0.39, 0.29) is 33.9 Å². The topological polar surface area (TPSA) is 109 Å². The van der Waals surface area contributed by atoms with Gasteiger partial charge in [-0.1, -0.05) is 18.5 Å². The fourth-order valence-electron chi connectivity index (χ4n) is 2.81. The molecule has 0 aliphatic rings. The van der Waals surface area contributed by atoms with Gasteiger partial charge in [0.05, 0.1) is 33.6 Å². The van der Waals surface area contributed by atoms with Gasteiger partial charge >= 0.3 is 5.97 Å². The first-order chi connectivity index (χ1) is 13.8. The van der Waals surface area contributed by atoms with Gasteiger partial charge in [0.25, 0.3) is 5.69 Å². The Balaban J connectivity index is 1.99. The predicted molar refractivity (Wildman–Crippen MR) is 106 cm³/mol. The van der Waals surface area contributed by atoms with Crippen molar-refractivity contribution in [2.45, 2.75) is 20.0 Å². The maximum atomic E-state index is 12.5. The van der Waals surface area contributed by atoms with Gasteiger partial charge in [0.15, 0.2) is 5.43 Å². The van der Waals surface area contributed by atoms with Gasteiger partial charge in [-0.2, -0.15) is 0 Å². The summed E-state index contributed by atoms with van der Waals surface area (Å²) in [4.78, 5) is 35.1. The van der Waals surface area contributed by atoms with Crippen LogP contribution in [0, 0.1) is 10.1 Å². The molecule has 0 aliphatic heterocycles. The molecule has 3 aromatic rings. The van der Waals surface area contributed by atoms with Gasteiger partial charge in [0, 0.05) is 24.6 Å². The molecule has 0 bridgehead atoms. The number of aryl methyl sites for hydroxylation is 1. The molecule has 0 aliphatic carbocycles. The number of benzene rings is 2. The van der Waals surface area contributed by atoms with E-state index in [0.29, 0.717) is 28.9 Å². The highest BCUT2D eigenvalue weighted by Gasteiger charge is 2.20. The largest absolute Gasteiger partial charge is 0.496 e. The first-order valence-electron chi connectivity index (χ1n) is 8.59. The standard InChI is InChI=1S/C20H16ClNO7/c1-3-12-9-17(23)13-5-7-18(27-2)15(19(13)29-12)10-28-20(24)14-8-11(22(25)26)4-6-16(14)21/h4-9H,3,10H2,1-2H3. The second-order valence-corrected chi connectivity index (χ2v) is 6.46. The van der Waals surface area contributed by atoms with Gasteiger partial charge in [-0.3, -0.25) is 14.9 Å². The van der Waals surface area contributed by atoms with Crippen LogP contribution in [0.1, 0.15) is 28.6 Å². The number of halogens is 1. The Labute approximate surface area is 169 Å². The average Bonchev–Trinajstić information content (AvgIpc) is 2.71. The molecule has 8 nitrogen and oxygen atoms in total. The number of rotatable bonds is 6. The number of non-ortho nitro benzene ring substituents is 1. The summed E-state index contributed by atoms with van der Waals surface area (Å²) in [7, 11) is 1.44. The lowest BCUT2D eigenvalue weighted by atomic mass is 10.1. The Morgan fingerprint density at radius 3 is 2.66 bits per heavy atom. The monoisotopic (exact) mass is 417 g/mol. The van der Waals surface area contributed by atoms with E-state index in [1.54, 1.807) is 12.1 Å². The Morgan fingerprint density at radius 2 is 2.00 bits per heavy atom. The lowest BCUT2D eigenvalue weighted by molar-refractivity contribution is -0.384. The minimum Gasteiger partial charge on any atom is -0.496 e. The van der Waals surface area contributed by atoms with Crippen LogP contribution in [0.2, 0.25) is 5.02 Å². The summed E-state index contributed by atoms with van der Waals surface area (Å²) in [5.74, 6) is -0.0105. The number of hydrogen-bond donors (Lipinski definition) is 0. The SMILES string of the molecule is CCc1cc(=O)c2ccc(OC)c(COC(=O)c3cc([N+](=O)[O-])ccc3Cl)c2o1. The molecule has 0 fully saturated rings. The van der Waals surface area contributed by atoms with Crippen molar-refractivity contribution >= 4 is 34.2 Å². The third kappa shape index (κ3) is 4.07. The minimum absolute atomic E-state index is 0.0188. The van der Waals surface area contributed by atoms with Crippen LogP contribution >= 0.6 is 11.6 Å². The van der Waals surface area contributed by atoms with Crippen LogP contribution < -0.4 is 10.2 Å². The van der Waals surface area contributed by atoms with E-state index in [1.165, 1.54) is 25.3 Å². The summed E-state index contributed by atoms with van der Waals surface area (Å²) in [6.45, 7) is 1.56. The number of carbonyl (C=O) groups is 1. The molecule has 9 heteroatoms. The van der Waals surface area contributed by atoms with Crippen molar-refractivity contribution in [3.63, 3.8) is 0 Å². The smallest absolute Gasteiger partial charge is 0.340 e. The van der Waals surface area contributed by atoms with Crippen molar-refractivity contribution in [1.29, 1.82) is 0 Å². The van der Waals surface area contributed by atoms with Crippen molar-refractivity contribution in [1.82, 2.24) is 0 Å². The molecule has 29 heavy (non-hydrogen) atoms. The number of fused-ring (bicyclic) bond motifs is 1. The van der Waals surface area contributed by atoms with E-state index in [9.17, 15) is 19.7 Å². The summed E-state index contributed by atoms with van der Waals surface area (Å²) < 4.78 is 16.4. The number of esters is 1. The van der Waals surface area contributed by atoms with Gasteiger partial charge in [0.2, 0.25) is 0 Å². The lowest BCUT2D eigenvalue weighted by Crippen LogP contribution is -2.09. The summed E-state index contributed by atoms with van der Waals surface area (Å²) in [6, 6.07) is 8.04. The van der Waals surface area contributed by atoms with Crippen LogP contribution in [0.4, 0.5) is 5.69 Å². The lowest BCUT2D eigenvalue weighted by Gasteiger charge is -2.12. The van der Waals surface area contributed by atoms with Crippen molar-refractivity contribution in [2.24, 2.45) is 0 Å². The first-order valence-corrected chi connectivity index (χ1v) is 8.97. The van der Waals surface area contributed by atoms with Crippen LogP contribution in [-0.2, 0) is 17.8 Å². The van der Waals surface area contributed by atoms with Crippen LogP contribution in [0.5, 0.6) is 5.75 Å². The average molecular weight is 418 g/mol. The van der Waals surface area contributed by atoms with Crippen LogP contribution in [0.3, 0.4) is 0 Å². The fraction of sp³-hybridized carbons (Fsp3) is 0.200. The molecule has 150 valence electrons. The molecule has 0 saturated carbocycles. The Bertz CT molecular complexity index is 1170. The van der Waals surface area contributed by atoms with Crippen molar-refractivity contribution in [3.05, 3.63) is 78.6 Å². The zero-order valence-corrected chi connectivity index (χ0v) is 16.3. The number of nitro groups is 1. The van der Waals surface area contributed by atoms with Crippen LogP contribution in [0.25, 0.3) is 11.0 Å². The highest BCUT2D eigenvalue weighted by molar-refractivity contribution is 6.33. The quantitative estimate of drug-likeness (QED) is 0.334.